The molecule has 1 aromatic carbocycles. The third-order valence-electron chi connectivity index (χ3n) is 4.51. The number of fused-ring (bicyclic) bond motifs is 1. The third-order valence-corrected chi connectivity index (χ3v) is 6.17. The number of rotatable bonds is 5. The van der Waals surface area contributed by atoms with Crippen LogP contribution in [0.15, 0.2) is 83.3 Å². The topological polar surface area (TPSA) is 104 Å². The number of nitrogens with zero attached hydrogens (tertiary/aromatic N) is 6. The van der Waals surface area contributed by atoms with Gasteiger partial charge in [-0.05, 0) is 42.5 Å². The monoisotopic (exact) mass is 416 g/mol. The lowest BCUT2D eigenvalue weighted by atomic mass is 10.1. The molecule has 8 nitrogen and oxygen atoms in total. The van der Waals surface area contributed by atoms with E-state index >= 15 is 0 Å². The Kier molecular flexibility index (Phi) is 5.00. The first-order chi connectivity index (χ1) is 14.5. The Hall–Kier alpha value is -4.03. The Balaban J connectivity index is 1.63. The van der Waals surface area contributed by atoms with E-state index in [0.29, 0.717) is 16.9 Å². The molecule has 0 aliphatic rings. The summed E-state index contributed by atoms with van der Waals surface area (Å²) in [7, 11) is -2.48. The van der Waals surface area contributed by atoms with Gasteiger partial charge in [-0.3, -0.25) is 9.38 Å². The lowest BCUT2D eigenvalue weighted by Gasteiger charge is -2.13. The molecule has 0 saturated carbocycles. The predicted molar refractivity (Wildman–Crippen MR) is 112 cm³/mol. The molecular weight excluding hydrogens is 400 g/mol. The lowest BCUT2D eigenvalue weighted by molar-refractivity contribution is 0.491. The van der Waals surface area contributed by atoms with E-state index < -0.39 is 10.0 Å². The average Bonchev–Trinajstić information content (AvgIpc) is 3.20. The molecule has 0 amide bonds. The molecule has 30 heavy (non-hydrogen) atoms. The van der Waals surface area contributed by atoms with Crippen LogP contribution in [0.25, 0.3) is 16.8 Å². The van der Waals surface area contributed by atoms with Crippen LogP contribution in [0.4, 0.5) is 0 Å². The van der Waals surface area contributed by atoms with Crippen LogP contribution in [0.2, 0.25) is 0 Å². The second-order valence-corrected chi connectivity index (χ2v) is 8.34. The van der Waals surface area contributed by atoms with Crippen LogP contribution in [0.1, 0.15) is 11.3 Å². The largest absolute Gasteiger partial charge is 0.298 e. The van der Waals surface area contributed by atoms with E-state index in [-0.39, 0.29) is 4.90 Å². The number of sulfonamides is 1. The molecule has 9 heteroatoms. The molecule has 0 radical (unpaired) electrons. The first-order valence-corrected chi connectivity index (χ1v) is 10.3. The molecule has 0 atom stereocenters. The van der Waals surface area contributed by atoms with Crippen LogP contribution >= 0.6 is 0 Å². The summed E-state index contributed by atoms with van der Waals surface area (Å²) in [6.07, 6.45) is 8.43. The number of imidazole rings is 1. The van der Waals surface area contributed by atoms with Crippen molar-refractivity contribution < 1.29 is 8.42 Å². The molecular formula is C21H16N6O2S. The molecule has 0 bridgehead atoms. The van der Waals surface area contributed by atoms with Gasteiger partial charge in [0, 0.05) is 36.8 Å². The van der Waals surface area contributed by atoms with Gasteiger partial charge in [-0.1, -0.05) is 6.07 Å². The second-order valence-electron chi connectivity index (χ2n) is 6.39. The van der Waals surface area contributed by atoms with Crippen LogP contribution in [0.5, 0.6) is 0 Å². The first-order valence-electron chi connectivity index (χ1n) is 8.89. The maximum Gasteiger partial charge on any atom is 0.278 e. The summed E-state index contributed by atoms with van der Waals surface area (Å²) in [6, 6.07) is 15.3. The van der Waals surface area contributed by atoms with E-state index in [1.807, 2.05) is 40.9 Å². The smallest absolute Gasteiger partial charge is 0.278 e. The molecule has 0 spiro atoms. The van der Waals surface area contributed by atoms with Crippen LogP contribution in [-0.4, -0.2) is 40.5 Å². The van der Waals surface area contributed by atoms with Gasteiger partial charge in [0.1, 0.15) is 5.65 Å². The first kappa shape index (κ1) is 19.3. The highest BCUT2D eigenvalue weighted by Gasteiger charge is 2.19. The number of hydrogen-bond donors (Lipinski definition) is 0. The normalized spacial score (nSPS) is 11.6. The summed E-state index contributed by atoms with van der Waals surface area (Å²) in [6.45, 7) is 0. The molecule has 4 rings (SSSR count). The molecule has 0 saturated heterocycles. The van der Waals surface area contributed by atoms with Crippen LogP contribution in [0.3, 0.4) is 0 Å². The highest BCUT2D eigenvalue weighted by atomic mass is 32.2. The molecule has 0 aliphatic carbocycles. The van der Waals surface area contributed by atoms with Crippen molar-refractivity contribution in [2.75, 3.05) is 7.05 Å². The van der Waals surface area contributed by atoms with Gasteiger partial charge in [0.25, 0.3) is 10.0 Å². The van der Waals surface area contributed by atoms with E-state index in [0.717, 1.165) is 15.5 Å². The fourth-order valence-electron chi connectivity index (χ4n) is 2.86. The highest BCUT2D eigenvalue weighted by molar-refractivity contribution is 7.89. The van der Waals surface area contributed by atoms with Crippen molar-refractivity contribution in [1.82, 2.24) is 18.8 Å². The number of nitriles is 1. The van der Waals surface area contributed by atoms with Gasteiger partial charge in [-0.15, -0.1) is 0 Å². The summed E-state index contributed by atoms with van der Waals surface area (Å²) >= 11 is 0. The van der Waals surface area contributed by atoms with E-state index in [2.05, 4.69) is 15.1 Å². The Morgan fingerprint density at radius 3 is 2.60 bits per heavy atom. The molecule has 0 N–H and O–H groups in total. The third kappa shape index (κ3) is 3.64. The Morgan fingerprint density at radius 1 is 1.10 bits per heavy atom. The summed E-state index contributed by atoms with van der Waals surface area (Å²) in [5.74, 6) is 0. The van der Waals surface area contributed by atoms with Crippen molar-refractivity contribution >= 4 is 21.9 Å². The summed E-state index contributed by atoms with van der Waals surface area (Å²) < 4.78 is 28.1. The molecule has 148 valence electrons. The van der Waals surface area contributed by atoms with Crippen molar-refractivity contribution in [3.8, 4) is 17.2 Å². The molecule has 3 heterocycles. The Labute approximate surface area is 173 Å². The van der Waals surface area contributed by atoms with Crippen LogP contribution in [0, 0.1) is 11.3 Å². The predicted octanol–water partition coefficient (Wildman–Crippen LogP) is 2.92. The van der Waals surface area contributed by atoms with Crippen molar-refractivity contribution in [3.05, 3.63) is 84.6 Å². The number of pyridine rings is 2. The van der Waals surface area contributed by atoms with Gasteiger partial charge < -0.3 is 0 Å². The number of hydrogen-bond acceptors (Lipinski definition) is 6. The minimum absolute atomic E-state index is 0.0538. The van der Waals surface area contributed by atoms with E-state index in [1.165, 1.54) is 37.5 Å². The Bertz CT molecular complexity index is 1370. The SMILES string of the molecule is CN(N=Cc1cnc2ccc(-c3cccnc3)cn12)S(=O)(=O)c1ccc(C#N)cc1. The molecule has 4 aromatic rings. The maximum atomic E-state index is 12.7. The van der Waals surface area contributed by atoms with Gasteiger partial charge in [-0.2, -0.15) is 23.2 Å². The van der Waals surface area contributed by atoms with Gasteiger partial charge in [0.05, 0.1) is 34.6 Å². The van der Waals surface area contributed by atoms with Gasteiger partial charge in [0.15, 0.2) is 0 Å². The molecule has 0 unspecified atom stereocenters. The van der Waals surface area contributed by atoms with Crippen molar-refractivity contribution in [2.24, 2.45) is 5.10 Å². The van der Waals surface area contributed by atoms with Gasteiger partial charge in [-0.25, -0.2) is 4.98 Å². The highest BCUT2D eigenvalue weighted by Crippen LogP contribution is 2.20. The van der Waals surface area contributed by atoms with Crippen molar-refractivity contribution in [2.45, 2.75) is 4.90 Å². The summed E-state index contributed by atoms with van der Waals surface area (Å²) in [5, 5.41) is 13.0. The quantitative estimate of drug-likeness (QED) is 0.368. The number of aromatic nitrogens is 3. The van der Waals surface area contributed by atoms with Crippen LogP contribution in [-0.2, 0) is 10.0 Å². The fourth-order valence-corrected chi connectivity index (χ4v) is 3.81. The lowest BCUT2D eigenvalue weighted by Crippen LogP contribution is -2.22. The number of hydrazone groups is 1. The maximum absolute atomic E-state index is 12.7. The summed E-state index contributed by atoms with van der Waals surface area (Å²) in [5.41, 5.74) is 3.62. The van der Waals surface area contributed by atoms with E-state index in [9.17, 15) is 8.42 Å². The van der Waals surface area contributed by atoms with Crippen molar-refractivity contribution in [3.63, 3.8) is 0 Å². The van der Waals surface area contributed by atoms with Crippen LogP contribution < -0.4 is 0 Å². The van der Waals surface area contributed by atoms with E-state index in [1.54, 1.807) is 18.6 Å². The average molecular weight is 416 g/mol. The van der Waals surface area contributed by atoms with Crippen molar-refractivity contribution in [1.29, 1.82) is 5.26 Å². The Morgan fingerprint density at radius 2 is 1.90 bits per heavy atom. The summed E-state index contributed by atoms with van der Waals surface area (Å²) in [4.78, 5) is 8.52. The zero-order valence-electron chi connectivity index (χ0n) is 15.9. The molecule has 0 aliphatic heterocycles. The minimum atomic E-state index is -3.83. The fraction of sp³-hybridized carbons (Fsp3) is 0.0476. The zero-order valence-corrected chi connectivity index (χ0v) is 16.7. The molecule has 3 aromatic heterocycles. The minimum Gasteiger partial charge on any atom is -0.298 e. The second kappa shape index (κ2) is 7.77. The van der Waals surface area contributed by atoms with E-state index in [4.69, 9.17) is 5.26 Å². The number of benzene rings is 1. The zero-order chi connectivity index (χ0) is 21.1. The molecule has 0 fully saturated rings. The standard InChI is InChI=1S/C21H16N6O2S/c1-26(30(28,29)20-7-4-16(11-22)5-8-20)25-14-19-13-24-21-9-6-18(15-27(19)21)17-3-2-10-23-12-17/h2-10,12-15H,1H3. The van der Waals surface area contributed by atoms with Gasteiger partial charge >= 0.3 is 0 Å². The van der Waals surface area contributed by atoms with Gasteiger partial charge in [0.2, 0.25) is 0 Å².